The molecule has 1 saturated heterocycles. The lowest BCUT2D eigenvalue weighted by Crippen LogP contribution is -2.48. The highest BCUT2D eigenvalue weighted by Crippen LogP contribution is 2.32. The van der Waals surface area contributed by atoms with E-state index in [0.29, 0.717) is 49.5 Å². The lowest BCUT2D eigenvalue weighted by molar-refractivity contribution is 0.0628. The number of piperazine rings is 1. The summed E-state index contributed by atoms with van der Waals surface area (Å²) in [5.41, 5.74) is 4.02. The summed E-state index contributed by atoms with van der Waals surface area (Å²) in [6.45, 7) is 2.97. The Hall–Kier alpha value is -4.54. The van der Waals surface area contributed by atoms with E-state index in [0.717, 1.165) is 22.1 Å². The largest absolute Gasteiger partial charge is 0.494 e. The molecule has 1 aliphatic carbocycles. The highest BCUT2D eigenvalue weighted by atomic mass is 32.2. The van der Waals surface area contributed by atoms with Crippen molar-refractivity contribution in [1.82, 2.24) is 14.8 Å². The molecule has 214 valence electrons. The quantitative estimate of drug-likeness (QED) is 0.310. The molecule has 3 aromatic carbocycles. The molecule has 1 aromatic heterocycles. The van der Waals surface area contributed by atoms with Crippen molar-refractivity contribution in [1.29, 1.82) is 0 Å². The van der Waals surface area contributed by atoms with E-state index in [4.69, 9.17) is 4.74 Å². The van der Waals surface area contributed by atoms with Crippen molar-refractivity contribution in [3.63, 3.8) is 0 Å². The normalized spacial score (nSPS) is 15.3. The van der Waals surface area contributed by atoms with Crippen molar-refractivity contribution in [2.24, 2.45) is 0 Å². The zero-order chi connectivity index (χ0) is 29.3. The Morgan fingerprint density at radius 3 is 2.45 bits per heavy atom. The maximum Gasteiger partial charge on any atom is 0.264 e. The smallest absolute Gasteiger partial charge is 0.264 e. The number of carbonyl (C=O) groups is 1. The van der Waals surface area contributed by atoms with E-state index in [1.54, 1.807) is 59.6 Å². The number of halogens is 1. The molecule has 0 unspecified atom stereocenters. The zero-order valence-corrected chi connectivity index (χ0v) is 23.8. The lowest BCUT2D eigenvalue weighted by Gasteiger charge is -2.34. The standard InChI is InChI=1S/C32H29FN4O4S/c1-41-29-13-7-22(20-28(29)33)21-36-16-18-37(19-17-36)32(38)24-8-10-25(11-9-24)35-42(39,40)30-14-12-26(23-4-2-5-23)27-6-3-15-34-31(27)30/h2-15,20,35H,16-19,21H2,1H3. The van der Waals surface area contributed by atoms with Crippen LogP contribution in [0.1, 0.15) is 21.5 Å². The minimum Gasteiger partial charge on any atom is -0.494 e. The summed E-state index contributed by atoms with van der Waals surface area (Å²) in [5.74, 6) is -0.297. The summed E-state index contributed by atoms with van der Waals surface area (Å²) in [5, 5.41) is 0.758. The van der Waals surface area contributed by atoms with Crippen molar-refractivity contribution < 1.29 is 22.3 Å². The third-order valence-electron chi connectivity index (χ3n) is 7.55. The number of sulfonamides is 1. The number of allylic oxidation sites excluding steroid dienone is 4. The van der Waals surface area contributed by atoms with Crippen LogP contribution in [0.2, 0.25) is 0 Å². The van der Waals surface area contributed by atoms with Crippen LogP contribution < -0.4 is 9.46 Å². The van der Waals surface area contributed by atoms with E-state index in [2.05, 4.69) is 14.6 Å². The average molecular weight is 585 g/mol. The number of rotatable bonds is 8. The van der Waals surface area contributed by atoms with Gasteiger partial charge in [0, 0.05) is 55.6 Å². The van der Waals surface area contributed by atoms with Crippen LogP contribution >= 0.6 is 0 Å². The molecule has 6 rings (SSSR count). The second kappa shape index (κ2) is 11.4. The van der Waals surface area contributed by atoms with E-state index in [1.165, 1.54) is 13.2 Å². The number of amides is 1. The Bertz CT molecular complexity index is 1830. The topological polar surface area (TPSA) is 91.8 Å². The molecule has 10 heteroatoms. The molecule has 2 heterocycles. The van der Waals surface area contributed by atoms with Crippen LogP contribution in [0.5, 0.6) is 5.75 Å². The third-order valence-corrected chi connectivity index (χ3v) is 8.96. The van der Waals surface area contributed by atoms with Gasteiger partial charge in [0.2, 0.25) is 0 Å². The van der Waals surface area contributed by atoms with Gasteiger partial charge in [-0.25, -0.2) is 12.8 Å². The van der Waals surface area contributed by atoms with Gasteiger partial charge in [-0.15, -0.1) is 0 Å². The van der Waals surface area contributed by atoms with Gasteiger partial charge in [0.15, 0.2) is 11.6 Å². The Labute approximate surface area is 243 Å². The van der Waals surface area contributed by atoms with Gasteiger partial charge in [-0.05, 0) is 65.2 Å². The Morgan fingerprint density at radius 1 is 1.02 bits per heavy atom. The molecule has 0 bridgehead atoms. The summed E-state index contributed by atoms with van der Waals surface area (Å²) in [6.07, 6.45) is 7.46. The van der Waals surface area contributed by atoms with E-state index in [9.17, 15) is 17.6 Å². The molecule has 2 aliphatic rings. The summed E-state index contributed by atoms with van der Waals surface area (Å²) < 4.78 is 48.4. The molecule has 0 spiro atoms. The monoisotopic (exact) mass is 584 g/mol. The molecule has 1 N–H and O–H groups in total. The highest BCUT2D eigenvalue weighted by Gasteiger charge is 2.24. The second-order valence-corrected chi connectivity index (χ2v) is 11.9. The first-order valence-corrected chi connectivity index (χ1v) is 15.0. The molecule has 42 heavy (non-hydrogen) atoms. The van der Waals surface area contributed by atoms with Crippen LogP contribution in [0.15, 0.2) is 96.1 Å². The van der Waals surface area contributed by atoms with Crippen LogP contribution in [-0.4, -0.2) is 62.4 Å². The molecule has 0 saturated carbocycles. The van der Waals surface area contributed by atoms with Gasteiger partial charge < -0.3 is 9.64 Å². The minimum absolute atomic E-state index is 0.0844. The molecular formula is C32H29FN4O4S. The molecule has 8 nitrogen and oxygen atoms in total. The Kier molecular flexibility index (Phi) is 7.49. The van der Waals surface area contributed by atoms with Gasteiger partial charge in [0.1, 0.15) is 4.90 Å². The summed E-state index contributed by atoms with van der Waals surface area (Å²) in [6, 6.07) is 18.4. The molecular weight excluding hydrogens is 555 g/mol. The molecule has 1 amide bonds. The molecule has 0 atom stereocenters. The van der Waals surface area contributed by atoms with Crippen molar-refractivity contribution in [3.8, 4) is 5.75 Å². The van der Waals surface area contributed by atoms with Crippen molar-refractivity contribution >= 4 is 38.1 Å². The third kappa shape index (κ3) is 5.50. The van der Waals surface area contributed by atoms with Gasteiger partial charge in [0.25, 0.3) is 15.9 Å². The number of nitrogens with zero attached hydrogens (tertiary/aromatic N) is 3. The number of benzene rings is 3. The number of ether oxygens (including phenoxy) is 1. The van der Waals surface area contributed by atoms with Crippen LogP contribution in [0, 0.1) is 5.82 Å². The average Bonchev–Trinajstić information content (AvgIpc) is 2.97. The first-order valence-electron chi connectivity index (χ1n) is 13.6. The molecule has 1 fully saturated rings. The number of hydrogen-bond donors (Lipinski definition) is 1. The number of anilines is 1. The van der Waals surface area contributed by atoms with Gasteiger partial charge >= 0.3 is 0 Å². The van der Waals surface area contributed by atoms with Crippen molar-refractivity contribution in [2.75, 3.05) is 38.0 Å². The number of aromatic nitrogens is 1. The maximum atomic E-state index is 14.0. The van der Waals surface area contributed by atoms with E-state index < -0.39 is 15.8 Å². The van der Waals surface area contributed by atoms with Crippen LogP contribution in [0.3, 0.4) is 0 Å². The van der Waals surface area contributed by atoms with Gasteiger partial charge in [0.05, 0.1) is 12.6 Å². The number of methoxy groups -OCH3 is 1. The Morgan fingerprint density at radius 2 is 1.79 bits per heavy atom. The fraction of sp³-hybridized carbons (Fsp3) is 0.188. The molecule has 1 aliphatic heterocycles. The second-order valence-electron chi connectivity index (χ2n) is 10.2. The van der Waals surface area contributed by atoms with Crippen LogP contribution in [0.4, 0.5) is 10.1 Å². The fourth-order valence-electron chi connectivity index (χ4n) is 5.24. The predicted molar refractivity (Wildman–Crippen MR) is 160 cm³/mol. The summed E-state index contributed by atoms with van der Waals surface area (Å²) >= 11 is 0. The van der Waals surface area contributed by atoms with E-state index in [-0.39, 0.29) is 16.6 Å². The SMILES string of the molecule is COc1ccc(CN2CCN(C(=O)c3ccc(NS(=O)(=O)c4ccc(C5=CC=C5)c5cccnc45)cc3)CC2)cc1F. The van der Waals surface area contributed by atoms with Crippen molar-refractivity contribution in [3.05, 3.63) is 114 Å². The summed E-state index contributed by atoms with van der Waals surface area (Å²) in [7, 11) is -2.51. The van der Waals surface area contributed by atoms with E-state index >= 15 is 0 Å². The molecule has 0 radical (unpaired) electrons. The number of fused-ring (bicyclic) bond motifs is 1. The minimum atomic E-state index is -3.94. The van der Waals surface area contributed by atoms with Gasteiger partial charge in [-0.2, -0.15) is 0 Å². The first-order chi connectivity index (χ1) is 20.3. The van der Waals surface area contributed by atoms with Crippen LogP contribution in [-0.2, 0) is 16.6 Å². The van der Waals surface area contributed by atoms with E-state index in [1.807, 2.05) is 30.4 Å². The first kappa shape index (κ1) is 27.6. The molecule has 4 aromatic rings. The fourth-order valence-corrected chi connectivity index (χ4v) is 6.46. The van der Waals surface area contributed by atoms with Gasteiger partial charge in [-0.1, -0.05) is 36.4 Å². The number of nitrogens with one attached hydrogen (secondary N) is 1. The number of hydrogen-bond acceptors (Lipinski definition) is 6. The van der Waals surface area contributed by atoms with Crippen LogP contribution in [0.25, 0.3) is 16.5 Å². The number of carbonyl (C=O) groups excluding carboxylic acids is 1. The number of pyridine rings is 1. The van der Waals surface area contributed by atoms with Gasteiger partial charge in [-0.3, -0.25) is 19.4 Å². The lowest BCUT2D eigenvalue weighted by atomic mass is 9.96. The Balaban J connectivity index is 1.10. The summed E-state index contributed by atoms with van der Waals surface area (Å²) in [4.78, 5) is 21.6. The predicted octanol–water partition coefficient (Wildman–Crippen LogP) is 5.09. The maximum absolute atomic E-state index is 14.0. The van der Waals surface area contributed by atoms with Crippen molar-refractivity contribution in [2.45, 2.75) is 11.4 Å². The highest BCUT2D eigenvalue weighted by molar-refractivity contribution is 7.93. The zero-order valence-electron chi connectivity index (χ0n) is 23.0.